The van der Waals surface area contributed by atoms with Gasteiger partial charge in [0.25, 0.3) is 0 Å². The number of phenols is 1. The van der Waals surface area contributed by atoms with E-state index in [1.165, 1.54) is 18.2 Å². The molecule has 3 aromatic rings. The number of nitrogens with one attached hydrogen (secondary N) is 1. The van der Waals surface area contributed by atoms with E-state index in [1.807, 2.05) is 6.07 Å². The molecular formula is C21H19ClFNO3. The van der Waals surface area contributed by atoms with Crippen LogP contribution in [0, 0.1) is 5.82 Å². The van der Waals surface area contributed by atoms with Gasteiger partial charge in [0.15, 0.2) is 0 Å². The van der Waals surface area contributed by atoms with Crippen molar-refractivity contribution in [3.05, 3.63) is 88.6 Å². The van der Waals surface area contributed by atoms with E-state index in [1.54, 1.807) is 36.6 Å². The smallest absolute Gasteiger partial charge is 0.224 e. The Labute approximate surface area is 161 Å². The molecule has 1 unspecified atom stereocenters. The van der Waals surface area contributed by atoms with Crippen molar-refractivity contribution in [1.29, 1.82) is 0 Å². The molecule has 0 fully saturated rings. The first kappa shape index (κ1) is 19.0. The summed E-state index contributed by atoms with van der Waals surface area (Å²) in [6.45, 7) is 0.438. The lowest BCUT2D eigenvalue weighted by Crippen LogP contribution is -2.27. The minimum atomic E-state index is -0.294. The zero-order chi connectivity index (χ0) is 19.2. The van der Waals surface area contributed by atoms with Gasteiger partial charge in [-0.15, -0.1) is 0 Å². The molecule has 0 aliphatic carbocycles. The summed E-state index contributed by atoms with van der Waals surface area (Å²) in [6.07, 6.45) is 2.38. The van der Waals surface area contributed by atoms with E-state index in [0.717, 1.165) is 16.9 Å². The van der Waals surface area contributed by atoms with Gasteiger partial charge in [0, 0.05) is 12.5 Å². The highest BCUT2D eigenvalue weighted by atomic mass is 35.5. The topological polar surface area (TPSA) is 62.5 Å². The second-order valence-corrected chi connectivity index (χ2v) is 6.63. The van der Waals surface area contributed by atoms with Crippen molar-refractivity contribution in [2.24, 2.45) is 0 Å². The van der Waals surface area contributed by atoms with Gasteiger partial charge in [-0.3, -0.25) is 4.79 Å². The molecule has 1 heterocycles. The van der Waals surface area contributed by atoms with E-state index in [4.69, 9.17) is 16.0 Å². The van der Waals surface area contributed by atoms with Crippen LogP contribution >= 0.6 is 11.6 Å². The molecular weight excluding hydrogens is 369 g/mol. The first-order chi connectivity index (χ1) is 13.0. The fourth-order valence-electron chi connectivity index (χ4n) is 2.92. The molecule has 1 atom stereocenters. The summed E-state index contributed by atoms with van der Waals surface area (Å²) in [4.78, 5) is 12.2. The van der Waals surface area contributed by atoms with Crippen molar-refractivity contribution < 1.29 is 18.7 Å². The van der Waals surface area contributed by atoms with Crippen LogP contribution in [-0.4, -0.2) is 17.6 Å². The lowest BCUT2D eigenvalue weighted by molar-refractivity contribution is -0.120. The van der Waals surface area contributed by atoms with E-state index >= 15 is 0 Å². The van der Waals surface area contributed by atoms with Crippen LogP contribution in [0.5, 0.6) is 5.75 Å². The monoisotopic (exact) mass is 387 g/mol. The number of hydrogen-bond acceptors (Lipinski definition) is 3. The Morgan fingerprint density at radius 1 is 1.19 bits per heavy atom. The molecule has 1 aromatic heterocycles. The highest BCUT2D eigenvalue weighted by Crippen LogP contribution is 2.28. The standard InChI is InChI=1S/C21H19ClFNO3/c22-18-12-14(3-8-19(18)25)13-21(26)24-10-9-17(20-2-1-11-27-20)15-4-6-16(23)7-5-15/h1-8,11-12,17,25H,9-10,13H2,(H,24,26). The highest BCUT2D eigenvalue weighted by Gasteiger charge is 2.17. The van der Waals surface area contributed by atoms with Crippen molar-refractivity contribution in [3.63, 3.8) is 0 Å². The first-order valence-corrected chi connectivity index (χ1v) is 8.93. The molecule has 0 aliphatic heterocycles. The van der Waals surface area contributed by atoms with Gasteiger partial charge in [0.05, 0.1) is 17.7 Å². The van der Waals surface area contributed by atoms with Crippen LogP contribution < -0.4 is 5.32 Å². The molecule has 0 radical (unpaired) electrons. The number of furan rings is 1. The molecule has 6 heteroatoms. The lowest BCUT2D eigenvalue weighted by Gasteiger charge is -2.16. The Balaban J connectivity index is 1.59. The van der Waals surface area contributed by atoms with Gasteiger partial charge in [0.2, 0.25) is 5.91 Å². The molecule has 3 rings (SSSR count). The minimum absolute atomic E-state index is 0.0126. The second-order valence-electron chi connectivity index (χ2n) is 6.22. The van der Waals surface area contributed by atoms with Gasteiger partial charge in [-0.25, -0.2) is 4.39 Å². The minimum Gasteiger partial charge on any atom is -0.506 e. The molecule has 0 spiro atoms. The lowest BCUT2D eigenvalue weighted by atomic mass is 9.93. The summed E-state index contributed by atoms with van der Waals surface area (Å²) in [5.74, 6) is 0.235. The summed E-state index contributed by atoms with van der Waals surface area (Å²) in [6, 6.07) is 14.6. The van der Waals surface area contributed by atoms with Crippen LogP contribution in [0.1, 0.15) is 29.2 Å². The molecule has 0 saturated heterocycles. The fourth-order valence-corrected chi connectivity index (χ4v) is 3.13. The van der Waals surface area contributed by atoms with Gasteiger partial charge in [-0.2, -0.15) is 0 Å². The molecule has 27 heavy (non-hydrogen) atoms. The van der Waals surface area contributed by atoms with E-state index < -0.39 is 0 Å². The Bertz CT molecular complexity index is 894. The molecule has 2 N–H and O–H groups in total. The number of amides is 1. The Kier molecular flexibility index (Phi) is 6.14. The predicted octanol–water partition coefficient (Wildman–Crippen LogP) is 4.66. The summed E-state index contributed by atoms with van der Waals surface area (Å²) in [5, 5.41) is 12.5. The number of phenolic OH excluding ortho intramolecular Hbond substituents is 1. The maximum absolute atomic E-state index is 13.2. The maximum atomic E-state index is 13.2. The second kappa shape index (κ2) is 8.73. The van der Waals surface area contributed by atoms with Gasteiger partial charge < -0.3 is 14.8 Å². The molecule has 1 amide bonds. The average Bonchev–Trinajstić information content (AvgIpc) is 3.17. The van der Waals surface area contributed by atoms with Crippen LogP contribution in [0.25, 0.3) is 0 Å². The average molecular weight is 388 g/mol. The quantitative estimate of drug-likeness (QED) is 0.619. The van der Waals surface area contributed by atoms with Crippen LogP contribution in [0.2, 0.25) is 5.02 Å². The number of carbonyl (C=O) groups is 1. The van der Waals surface area contributed by atoms with E-state index in [2.05, 4.69) is 5.32 Å². The summed E-state index contributed by atoms with van der Waals surface area (Å²) < 4.78 is 18.7. The highest BCUT2D eigenvalue weighted by molar-refractivity contribution is 6.32. The molecule has 0 aliphatic rings. The van der Waals surface area contributed by atoms with E-state index in [9.17, 15) is 14.3 Å². The molecule has 0 saturated carbocycles. The van der Waals surface area contributed by atoms with Crippen molar-refractivity contribution in [1.82, 2.24) is 5.32 Å². The number of carbonyl (C=O) groups excluding carboxylic acids is 1. The summed E-state index contributed by atoms with van der Waals surface area (Å²) >= 11 is 5.86. The normalized spacial score (nSPS) is 11.9. The first-order valence-electron chi connectivity index (χ1n) is 8.56. The third-order valence-corrected chi connectivity index (χ3v) is 4.59. The summed E-state index contributed by atoms with van der Waals surface area (Å²) in [5.41, 5.74) is 1.64. The van der Waals surface area contributed by atoms with Crippen LogP contribution in [0.4, 0.5) is 4.39 Å². The predicted molar refractivity (Wildman–Crippen MR) is 101 cm³/mol. The van der Waals surface area contributed by atoms with Gasteiger partial charge in [0.1, 0.15) is 17.3 Å². The zero-order valence-corrected chi connectivity index (χ0v) is 15.2. The Morgan fingerprint density at radius 2 is 1.96 bits per heavy atom. The number of rotatable bonds is 7. The number of aromatic hydroxyl groups is 1. The fraction of sp³-hybridized carbons (Fsp3) is 0.190. The Hall–Kier alpha value is -2.79. The Morgan fingerprint density at radius 3 is 2.63 bits per heavy atom. The largest absolute Gasteiger partial charge is 0.506 e. The molecule has 4 nitrogen and oxygen atoms in total. The summed E-state index contributed by atoms with van der Waals surface area (Å²) in [7, 11) is 0. The third-order valence-electron chi connectivity index (χ3n) is 4.29. The van der Waals surface area contributed by atoms with Crippen LogP contribution in [0.3, 0.4) is 0 Å². The SMILES string of the molecule is O=C(Cc1ccc(O)c(Cl)c1)NCCC(c1ccc(F)cc1)c1ccco1. The van der Waals surface area contributed by atoms with E-state index in [0.29, 0.717) is 13.0 Å². The van der Waals surface area contributed by atoms with Crippen LogP contribution in [-0.2, 0) is 11.2 Å². The van der Waals surface area contributed by atoms with Gasteiger partial charge >= 0.3 is 0 Å². The third kappa shape index (κ3) is 5.11. The maximum Gasteiger partial charge on any atom is 0.224 e. The van der Waals surface area contributed by atoms with Crippen molar-refractivity contribution in [2.75, 3.05) is 6.54 Å². The molecule has 2 aromatic carbocycles. The number of halogens is 2. The van der Waals surface area contributed by atoms with Crippen molar-refractivity contribution >= 4 is 17.5 Å². The van der Waals surface area contributed by atoms with Gasteiger partial charge in [-0.05, 0) is 53.9 Å². The zero-order valence-electron chi connectivity index (χ0n) is 14.5. The van der Waals surface area contributed by atoms with Crippen molar-refractivity contribution in [2.45, 2.75) is 18.8 Å². The van der Waals surface area contributed by atoms with Crippen LogP contribution in [0.15, 0.2) is 65.3 Å². The van der Waals surface area contributed by atoms with Crippen molar-refractivity contribution in [3.8, 4) is 5.75 Å². The number of benzene rings is 2. The number of hydrogen-bond donors (Lipinski definition) is 2. The molecule has 0 bridgehead atoms. The van der Waals surface area contributed by atoms with Gasteiger partial charge in [-0.1, -0.05) is 29.8 Å². The molecule has 140 valence electrons. The van der Waals surface area contributed by atoms with E-state index in [-0.39, 0.29) is 34.8 Å².